The monoisotopic (exact) mass is 654 g/mol. The van der Waals surface area contributed by atoms with Crippen LogP contribution in [-0.2, 0) is 19.1 Å². The second-order valence-electron chi connectivity index (χ2n) is 13.6. The number of carbonyl (C=O) groups excluding carboxylic acids is 2. The number of carbonyl (C=O) groups is 2. The van der Waals surface area contributed by atoms with Gasteiger partial charge in [-0.3, -0.25) is 19.5 Å². The first-order valence-corrected chi connectivity index (χ1v) is 17.8. The molecule has 0 aromatic heterocycles. The molecule has 13 heteroatoms. The van der Waals surface area contributed by atoms with Gasteiger partial charge in [0.25, 0.3) is 0 Å². The Labute approximate surface area is 272 Å². The first-order valence-electron chi connectivity index (χ1n) is 17.4. The fourth-order valence-corrected chi connectivity index (χ4v) is 8.51. The lowest BCUT2D eigenvalue weighted by Crippen LogP contribution is -2.55. The van der Waals surface area contributed by atoms with Crippen LogP contribution in [0, 0.1) is 17.8 Å². The maximum absolute atomic E-state index is 12.8. The van der Waals surface area contributed by atoms with Gasteiger partial charge in [-0.1, -0.05) is 0 Å². The highest BCUT2D eigenvalue weighted by atomic mass is 35.5. The molecular weight excluding hydrogens is 600 g/mol. The largest absolute Gasteiger partial charge is 0.390 e. The van der Waals surface area contributed by atoms with Crippen molar-refractivity contribution in [3.63, 3.8) is 0 Å². The number of halogens is 1. The van der Waals surface area contributed by atoms with E-state index >= 15 is 0 Å². The molecule has 3 saturated carbocycles. The van der Waals surface area contributed by atoms with Crippen molar-refractivity contribution < 1.29 is 29.3 Å². The van der Waals surface area contributed by atoms with Gasteiger partial charge in [0.1, 0.15) is 0 Å². The van der Waals surface area contributed by atoms with Gasteiger partial charge < -0.3 is 30.3 Å². The molecule has 2 amide bonds. The molecule has 0 bridgehead atoms. The van der Waals surface area contributed by atoms with Gasteiger partial charge in [-0.05, 0) is 84.0 Å². The van der Waals surface area contributed by atoms with E-state index in [1.807, 2.05) is 6.92 Å². The van der Waals surface area contributed by atoms with Gasteiger partial charge >= 0.3 is 0 Å². The van der Waals surface area contributed by atoms with Crippen molar-refractivity contribution in [2.75, 3.05) is 32.9 Å². The number of aliphatic imine (C=N–C) groups is 1. The zero-order valence-corrected chi connectivity index (χ0v) is 27.7. The summed E-state index contributed by atoms with van der Waals surface area (Å²) in [6.07, 6.45) is 7.43. The molecule has 6 N–H and O–H groups in total. The van der Waals surface area contributed by atoms with Gasteiger partial charge in [0, 0.05) is 36.1 Å². The minimum atomic E-state index is -1.00. The Kier molecular flexibility index (Phi) is 12.9. The Hall–Kier alpha value is -1.38. The van der Waals surface area contributed by atoms with E-state index in [4.69, 9.17) is 26.1 Å². The molecular formula is C32H55ClN6O6. The van der Waals surface area contributed by atoms with Crippen LogP contribution in [0.2, 0.25) is 0 Å². The van der Waals surface area contributed by atoms with Crippen LogP contribution >= 0.6 is 11.6 Å². The predicted molar refractivity (Wildman–Crippen MR) is 172 cm³/mol. The number of amides is 2. The van der Waals surface area contributed by atoms with Gasteiger partial charge in [0.15, 0.2) is 0 Å². The van der Waals surface area contributed by atoms with Crippen molar-refractivity contribution in [3.05, 3.63) is 0 Å². The smallest absolute Gasteiger partial charge is 0.225 e. The molecule has 45 heavy (non-hydrogen) atoms. The molecule has 4 fully saturated rings. The minimum absolute atomic E-state index is 0.0346. The highest BCUT2D eigenvalue weighted by Gasteiger charge is 2.50. The van der Waals surface area contributed by atoms with Crippen LogP contribution in [0.3, 0.4) is 0 Å². The highest BCUT2D eigenvalue weighted by Crippen LogP contribution is 2.42. The van der Waals surface area contributed by atoms with Gasteiger partial charge in [0.2, 0.25) is 11.8 Å². The average molecular weight is 655 g/mol. The molecule has 9 atom stereocenters. The van der Waals surface area contributed by atoms with Crippen LogP contribution in [0.1, 0.15) is 84.5 Å². The second kappa shape index (κ2) is 16.6. The summed E-state index contributed by atoms with van der Waals surface area (Å²) in [5.41, 5.74) is 8.16. The first-order chi connectivity index (χ1) is 21.8. The molecule has 5 aliphatic rings. The van der Waals surface area contributed by atoms with E-state index in [9.17, 15) is 19.8 Å². The van der Waals surface area contributed by atoms with E-state index in [0.29, 0.717) is 64.1 Å². The van der Waals surface area contributed by atoms with Crippen LogP contribution in [0.5, 0.6) is 0 Å². The summed E-state index contributed by atoms with van der Waals surface area (Å²) in [5.74, 6) is -0.137. The normalized spacial score (nSPS) is 38.9. The van der Waals surface area contributed by atoms with Crippen molar-refractivity contribution in [1.82, 2.24) is 26.4 Å². The Morgan fingerprint density at radius 3 is 2.60 bits per heavy atom. The Morgan fingerprint density at radius 1 is 1.02 bits per heavy atom. The van der Waals surface area contributed by atoms with Crippen molar-refractivity contribution in [2.45, 2.75) is 133 Å². The highest BCUT2D eigenvalue weighted by molar-refractivity contribution is 6.20. The number of fused-ring (bicyclic) bond motifs is 3. The average Bonchev–Trinajstić information content (AvgIpc) is 3.35. The molecule has 12 nitrogen and oxygen atoms in total. The molecule has 8 unspecified atom stereocenters. The summed E-state index contributed by atoms with van der Waals surface area (Å²) in [4.78, 5) is 33.2. The predicted octanol–water partition coefficient (Wildman–Crippen LogP) is 1.42. The number of hydrazine groups is 1. The lowest BCUT2D eigenvalue weighted by molar-refractivity contribution is -0.135. The maximum Gasteiger partial charge on any atom is 0.225 e. The number of nitrogens with zero attached hydrogens (tertiary/aromatic N) is 2. The minimum Gasteiger partial charge on any atom is -0.390 e. The quantitative estimate of drug-likeness (QED) is 0.135. The molecule has 2 heterocycles. The topological polar surface area (TPSA) is 157 Å². The lowest BCUT2D eigenvalue weighted by atomic mass is 9.72. The third-order valence-corrected chi connectivity index (χ3v) is 11.0. The molecule has 0 aromatic carbocycles. The third-order valence-electron chi connectivity index (χ3n) is 10.5. The van der Waals surface area contributed by atoms with Crippen molar-refractivity contribution in [1.29, 1.82) is 0 Å². The van der Waals surface area contributed by atoms with E-state index in [1.54, 1.807) is 0 Å². The Bertz CT molecular complexity index is 1010. The molecule has 0 radical (unpaired) electrons. The van der Waals surface area contributed by atoms with Gasteiger partial charge in [0.05, 0.1) is 68.8 Å². The van der Waals surface area contributed by atoms with Crippen LogP contribution in [0.4, 0.5) is 0 Å². The second-order valence-corrected chi connectivity index (χ2v) is 14.2. The number of hydrogen-bond acceptors (Lipinski definition) is 10. The van der Waals surface area contributed by atoms with E-state index in [0.717, 1.165) is 51.4 Å². The lowest BCUT2D eigenvalue weighted by Gasteiger charge is -2.44. The van der Waals surface area contributed by atoms with Crippen LogP contribution in [0.25, 0.3) is 0 Å². The summed E-state index contributed by atoms with van der Waals surface area (Å²) >= 11 is 6.52. The van der Waals surface area contributed by atoms with Crippen LogP contribution in [0.15, 0.2) is 4.99 Å². The molecule has 0 spiro atoms. The summed E-state index contributed by atoms with van der Waals surface area (Å²) < 4.78 is 12.1. The standard InChI is InChI=1S/C32H55ClN6O6/c1-3-34-28(41)18-25-31-38-37-19(2)39(31)26-12-11-22(17-24(26)29(36-25)20-7-9-21(33)10-8-20)45-16-15-44-14-13-35-32(43)23-5-4-6-27(40)30(23)42/h19-27,30-31,37-38,40,42H,3-18H2,1-2H3,(H,34,41)(H,35,43)/t19?,20?,21?,22?,23?,24?,25-,26?,27?,30?,31?/m0/s1. The molecule has 2 aliphatic heterocycles. The number of nitrogens with one attached hydrogen (secondary N) is 4. The molecule has 5 rings (SSSR count). The van der Waals surface area contributed by atoms with Gasteiger partial charge in [-0.2, -0.15) is 0 Å². The first kappa shape index (κ1) is 34.9. The maximum atomic E-state index is 12.8. The molecule has 3 aliphatic carbocycles. The van der Waals surface area contributed by atoms with Crippen molar-refractivity contribution >= 4 is 29.1 Å². The summed E-state index contributed by atoms with van der Waals surface area (Å²) in [6.45, 7) is 6.35. The molecule has 1 saturated heterocycles. The fourth-order valence-electron chi connectivity index (χ4n) is 8.25. The SMILES string of the molecule is CCNC(=O)C[C@@H]1N=C(C2CCC(Cl)CC2)C2CC(OCCOCCNC(=O)C3CCCC(O)C3O)CCC2N2C(C)NNC12. The van der Waals surface area contributed by atoms with E-state index in [1.165, 1.54) is 5.71 Å². The number of hydrogen-bond donors (Lipinski definition) is 6. The number of alkyl halides is 1. The van der Waals surface area contributed by atoms with Gasteiger partial charge in [-0.15, -0.1) is 11.6 Å². The number of aliphatic hydroxyl groups excluding tert-OH is 2. The number of aliphatic hydroxyl groups is 2. The Morgan fingerprint density at radius 2 is 1.82 bits per heavy atom. The van der Waals surface area contributed by atoms with E-state index in [2.05, 4.69) is 33.3 Å². The Balaban J connectivity index is 1.16. The summed E-state index contributed by atoms with van der Waals surface area (Å²) in [6, 6.07) is 0.130. The third kappa shape index (κ3) is 8.76. The van der Waals surface area contributed by atoms with Crippen molar-refractivity contribution in [2.24, 2.45) is 22.7 Å². The van der Waals surface area contributed by atoms with E-state index in [-0.39, 0.29) is 47.6 Å². The summed E-state index contributed by atoms with van der Waals surface area (Å²) in [7, 11) is 0. The van der Waals surface area contributed by atoms with Crippen LogP contribution < -0.4 is 21.5 Å². The number of rotatable bonds is 12. The van der Waals surface area contributed by atoms with Crippen molar-refractivity contribution in [3.8, 4) is 0 Å². The van der Waals surface area contributed by atoms with E-state index < -0.39 is 18.1 Å². The molecule has 256 valence electrons. The zero-order chi connectivity index (χ0) is 31.9. The zero-order valence-electron chi connectivity index (χ0n) is 27.0. The fraction of sp³-hybridized carbons (Fsp3) is 0.906. The van der Waals surface area contributed by atoms with Crippen LogP contribution in [-0.4, -0.2) is 114 Å². The molecule has 0 aromatic rings. The summed E-state index contributed by atoms with van der Waals surface area (Å²) in [5, 5.41) is 26.0. The van der Waals surface area contributed by atoms with Gasteiger partial charge in [-0.25, -0.2) is 10.9 Å². The number of ether oxygens (including phenoxy) is 2.